The Bertz CT molecular complexity index is 848. The van der Waals surface area contributed by atoms with Gasteiger partial charge in [0.2, 0.25) is 5.88 Å². The standard InChI is InChI=1S/C12H8ClN5O3/c1-17-11-8(5-16-17)12(15-6-14-11)21-10-3-2-7(18(19)20)4-9(10)13/h2-6H,1H3. The van der Waals surface area contributed by atoms with E-state index in [2.05, 4.69) is 15.1 Å². The molecule has 0 aliphatic rings. The monoisotopic (exact) mass is 305 g/mol. The first-order chi connectivity index (χ1) is 10.1. The zero-order chi connectivity index (χ0) is 15.0. The maximum Gasteiger partial charge on any atom is 0.271 e. The molecule has 0 unspecified atom stereocenters. The van der Waals surface area contributed by atoms with Crippen molar-refractivity contribution in [2.75, 3.05) is 0 Å². The Kier molecular flexibility index (Phi) is 3.15. The Hall–Kier alpha value is -2.74. The van der Waals surface area contributed by atoms with Crippen LogP contribution in [-0.2, 0) is 7.05 Å². The van der Waals surface area contributed by atoms with E-state index in [9.17, 15) is 10.1 Å². The van der Waals surface area contributed by atoms with Gasteiger partial charge in [-0.05, 0) is 6.07 Å². The van der Waals surface area contributed by atoms with Gasteiger partial charge < -0.3 is 4.74 Å². The molecule has 0 bridgehead atoms. The molecule has 0 N–H and O–H groups in total. The molecule has 9 heteroatoms. The van der Waals surface area contributed by atoms with Gasteiger partial charge in [-0.2, -0.15) is 5.10 Å². The summed E-state index contributed by atoms with van der Waals surface area (Å²) >= 11 is 5.99. The average Bonchev–Trinajstić information content (AvgIpc) is 2.84. The van der Waals surface area contributed by atoms with E-state index in [1.54, 1.807) is 17.9 Å². The Morgan fingerprint density at radius 1 is 1.38 bits per heavy atom. The zero-order valence-corrected chi connectivity index (χ0v) is 11.5. The molecule has 106 valence electrons. The Labute approximate surface area is 123 Å². The van der Waals surface area contributed by atoms with Crippen LogP contribution in [0.15, 0.2) is 30.7 Å². The maximum atomic E-state index is 10.7. The Morgan fingerprint density at radius 3 is 2.90 bits per heavy atom. The van der Waals surface area contributed by atoms with Crippen molar-refractivity contribution in [2.45, 2.75) is 0 Å². The van der Waals surface area contributed by atoms with Crippen molar-refractivity contribution in [1.29, 1.82) is 0 Å². The number of nitro benzene ring substituents is 1. The number of benzene rings is 1. The second-order valence-corrected chi connectivity index (χ2v) is 4.57. The first kappa shape index (κ1) is 13.3. The number of nitrogens with zero attached hydrogens (tertiary/aromatic N) is 5. The number of halogens is 1. The number of fused-ring (bicyclic) bond motifs is 1. The van der Waals surface area contributed by atoms with E-state index in [4.69, 9.17) is 16.3 Å². The van der Waals surface area contributed by atoms with E-state index < -0.39 is 4.92 Å². The van der Waals surface area contributed by atoms with Crippen LogP contribution in [0.5, 0.6) is 11.6 Å². The van der Waals surface area contributed by atoms with Gasteiger partial charge in [0.1, 0.15) is 17.5 Å². The van der Waals surface area contributed by atoms with Crippen molar-refractivity contribution < 1.29 is 9.66 Å². The van der Waals surface area contributed by atoms with Crippen LogP contribution in [0, 0.1) is 10.1 Å². The van der Waals surface area contributed by atoms with Gasteiger partial charge in [-0.1, -0.05) is 11.6 Å². The largest absolute Gasteiger partial charge is 0.437 e. The van der Waals surface area contributed by atoms with Gasteiger partial charge in [0.15, 0.2) is 5.65 Å². The number of aryl methyl sites for hydroxylation is 1. The molecule has 0 spiro atoms. The predicted octanol–water partition coefficient (Wildman–Crippen LogP) is 2.72. The second-order valence-electron chi connectivity index (χ2n) is 4.16. The van der Waals surface area contributed by atoms with Gasteiger partial charge in [0.25, 0.3) is 5.69 Å². The molecular weight excluding hydrogens is 298 g/mol. The fourth-order valence-corrected chi connectivity index (χ4v) is 2.03. The average molecular weight is 306 g/mol. The molecule has 0 saturated heterocycles. The van der Waals surface area contributed by atoms with Crippen molar-refractivity contribution in [2.24, 2.45) is 7.05 Å². The highest BCUT2D eigenvalue weighted by Crippen LogP contribution is 2.33. The van der Waals surface area contributed by atoms with Crippen molar-refractivity contribution >= 4 is 28.3 Å². The van der Waals surface area contributed by atoms with E-state index in [0.29, 0.717) is 11.0 Å². The molecule has 0 amide bonds. The highest BCUT2D eigenvalue weighted by atomic mass is 35.5. The lowest BCUT2D eigenvalue weighted by Crippen LogP contribution is -1.95. The summed E-state index contributed by atoms with van der Waals surface area (Å²) < 4.78 is 7.20. The molecule has 21 heavy (non-hydrogen) atoms. The molecule has 3 rings (SSSR count). The number of nitro groups is 1. The van der Waals surface area contributed by atoms with Crippen molar-refractivity contribution in [3.05, 3.63) is 45.9 Å². The number of non-ortho nitro benzene ring substituents is 1. The molecule has 1 aromatic carbocycles. The molecule has 0 atom stereocenters. The second kappa shape index (κ2) is 4.98. The third kappa shape index (κ3) is 2.36. The number of ether oxygens (including phenoxy) is 1. The molecule has 0 aliphatic carbocycles. The van der Waals surface area contributed by atoms with Crippen molar-refractivity contribution in [1.82, 2.24) is 19.7 Å². The van der Waals surface area contributed by atoms with Crippen LogP contribution in [0.4, 0.5) is 5.69 Å². The fourth-order valence-electron chi connectivity index (χ4n) is 1.81. The number of aromatic nitrogens is 4. The number of rotatable bonds is 3. The molecule has 3 aromatic rings. The zero-order valence-electron chi connectivity index (χ0n) is 10.7. The molecule has 0 aliphatic heterocycles. The SMILES string of the molecule is Cn1ncc2c(Oc3ccc([N+](=O)[O-])cc3Cl)ncnc21. The summed E-state index contributed by atoms with van der Waals surface area (Å²) in [7, 11) is 1.75. The molecule has 0 fully saturated rings. The summed E-state index contributed by atoms with van der Waals surface area (Å²) in [5.74, 6) is 0.551. The lowest BCUT2D eigenvalue weighted by Gasteiger charge is -2.06. The Balaban J connectivity index is 2.01. The predicted molar refractivity (Wildman–Crippen MR) is 74.5 cm³/mol. The van der Waals surface area contributed by atoms with Crippen molar-refractivity contribution in [3.8, 4) is 11.6 Å². The smallest absolute Gasteiger partial charge is 0.271 e. The minimum atomic E-state index is -0.528. The molecule has 8 nitrogen and oxygen atoms in total. The van der Waals surface area contributed by atoms with Crippen LogP contribution in [0.25, 0.3) is 11.0 Å². The van der Waals surface area contributed by atoms with Gasteiger partial charge in [-0.15, -0.1) is 0 Å². The molecule has 0 radical (unpaired) electrons. The quantitative estimate of drug-likeness (QED) is 0.545. The van der Waals surface area contributed by atoms with Gasteiger partial charge in [-0.3, -0.25) is 14.8 Å². The third-order valence-corrected chi connectivity index (χ3v) is 3.12. The van der Waals surface area contributed by atoms with E-state index >= 15 is 0 Å². The van der Waals surface area contributed by atoms with Gasteiger partial charge in [0, 0.05) is 19.2 Å². The fraction of sp³-hybridized carbons (Fsp3) is 0.0833. The summed E-state index contributed by atoms with van der Waals surface area (Å²) in [6.45, 7) is 0. The third-order valence-electron chi connectivity index (χ3n) is 2.83. The van der Waals surface area contributed by atoms with Crippen LogP contribution in [-0.4, -0.2) is 24.7 Å². The van der Waals surface area contributed by atoms with E-state index in [1.165, 1.54) is 24.5 Å². The van der Waals surface area contributed by atoms with Crippen LogP contribution >= 0.6 is 11.6 Å². The van der Waals surface area contributed by atoms with Crippen LogP contribution in [0.3, 0.4) is 0 Å². The lowest BCUT2D eigenvalue weighted by molar-refractivity contribution is -0.384. The van der Waals surface area contributed by atoms with E-state index in [0.717, 1.165) is 0 Å². The van der Waals surface area contributed by atoms with E-state index in [-0.39, 0.29) is 22.3 Å². The first-order valence-electron chi connectivity index (χ1n) is 5.81. The van der Waals surface area contributed by atoms with Crippen LogP contribution < -0.4 is 4.74 Å². The van der Waals surface area contributed by atoms with Crippen LogP contribution in [0.1, 0.15) is 0 Å². The normalized spacial score (nSPS) is 10.8. The summed E-state index contributed by atoms with van der Waals surface area (Å²) in [6, 6.07) is 3.95. The molecule has 2 heterocycles. The maximum absolute atomic E-state index is 10.7. The summed E-state index contributed by atoms with van der Waals surface area (Å²) in [5.41, 5.74) is 0.500. The number of hydrogen-bond donors (Lipinski definition) is 0. The van der Waals surface area contributed by atoms with Crippen LogP contribution in [0.2, 0.25) is 5.02 Å². The lowest BCUT2D eigenvalue weighted by atomic mass is 10.3. The molecule has 0 saturated carbocycles. The highest BCUT2D eigenvalue weighted by molar-refractivity contribution is 6.32. The van der Waals surface area contributed by atoms with Gasteiger partial charge >= 0.3 is 0 Å². The first-order valence-corrected chi connectivity index (χ1v) is 6.18. The number of hydrogen-bond acceptors (Lipinski definition) is 6. The molecule has 2 aromatic heterocycles. The summed E-state index contributed by atoms with van der Waals surface area (Å²) in [6.07, 6.45) is 2.92. The van der Waals surface area contributed by atoms with Gasteiger partial charge in [-0.25, -0.2) is 9.97 Å². The summed E-state index contributed by atoms with van der Waals surface area (Å²) in [4.78, 5) is 18.3. The highest BCUT2D eigenvalue weighted by Gasteiger charge is 2.14. The van der Waals surface area contributed by atoms with Gasteiger partial charge in [0.05, 0.1) is 16.1 Å². The minimum Gasteiger partial charge on any atom is -0.437 e. The minimum absolute atomic E-state index is 0.110. The topological polar surface area (TPSA) is 96.0 Å². The van der Waals surface area contributed by atoms with Crippen molar-refractivity contribution in [3.63, 3.8) is 0 Å². The Morgan fingerprint density at radius 2 is 2.19 bits per heavy atom. The molecular formula is C12H8ClN5O3. The van der Waals surface area contributed by atoms with E-state index in [1.807, 2.05) is 0 Å². The summed E-state index contributed by atoms with van der Waals surface area (Å²) in [5, 5.41) is 15.5.